The maximum absolute atomic E-state index is 11.3. The second kappa shape index (κ2) is 5.14. The molecular weight excluding hydrogens is 194 g/mol. The van der Waals surface area contributed by atoms with Crippen LogP contribution in [-0.4, -0.2) is 22.5 Å². The summed E-state index contributed by atoms with van der Waals surface area (Å²) in [5.74, 6) is -0.580. The largest absolute Gasteiger partial charge is 0.480 e. The Bertz CT molecular complexity index is 371. The smallest absolute Gasteiger partial charge is 0.288 e. The topological polar surface area (TPSA) is 59.4 Å². The number of allylic oxidation sites excluding steroid dienone is 1. The fraction of sp³-hybridized carbons (Fsp3) is 0.273. The summed E-state index contributed by atoms with van der Waals surface area (Å²) >= 11 is 0. The number of carbonyl (C=O) groups is 1. The minimum absolute atomic E-state index is 0.180. The summed E-state index contributed by atoms with van der Waals surface area (Å²) in [5, 5.41) is 9.55. The Morgan fingerprint density at radius 3 is 2.53 bits per heavy atom. The second-order valence-corrected chi connectivity index (χ2v) is 2.91. The van der Waals surface area contributed by atoms with Gasteiger partial charge in [0, 0.05) is 12.4 Å². The first-order chi connectivity index (χ1) is 7.16. The van der Waals surface area contributed by atoms with Crippen molar-refractivity contribution in [1.82, 2.24) is 4.98 Å². The van der Waals surface area contributed by atoms with Crippen molar-refractivity contribution in [3.63, 3.8) is 0 Å². The number of aromatic nitrogens is 1. The highest BCUT2D eigenvalue weighted by atomic mass is 16.6. The predicted molar refractivity (Wildman–Crippen MR) is 56.1 cm³/mol. The highest BCUT2D eigenvalue weighted by molar-refractivity contribution is 6.19. The van der Waals surface area contributed by atoms with Crippen LogP contribution in [0.2, 0.25) is 0 Å². The van der Waals surface area contributed by atoms with E-state index in [1.165, 1.54) is 6.92 Å². The van der Waals surface area contributed by atoms with E-state index >= 15 is 0 Å². The first kappa shape index (κ1) is 11.2. The Morgan fingerprint density at radius 2 is 2.07 bits per heavy atom. The van der Waals surface area contributed by atoms with Crippen LogP contribution in [0.1, 0.15) is 19.4 Å². The fourth-order valence-corrected chi connectivity index (χ4v) is 1.20. The van der Waals surface area contributed by atoms with E-state index < -0.39 is 0 Å². The Balaban J connectivity index is 3.15. The Labute approximate surface area is 88.2 Å². The van der Waals surface area contributed by atoms with Crippen molar-refractivity contribution in [2.45, 2.75) is 13.8 Å². The molecule has 0 saturated heterocycles. The highest BCUT2D eigenvalue weighted by Gasteiger charge is 2.14. The standard InChI is InChI=1S/C11H13NO3/c1-3-15-11(14)10(8(2)13)9-4-6-12-7-5-9/h4-7,14H,3H2,1-2H3. The summed E-state index contributed by atoms with van der Waals surface area (Å²) in [6, 6.07) is 3.29. The van der Waals surface area contributed by atoms with Gasteiger partial charge in [-0.3, -0.25) is 9.78 Å². The van der Waals surface area contributed by atoms with Gasteiger partial charge in [0.05, 0.1) is 6.61 Å². The molecule has 0 aliphatic heterocycles. The van der Waals surface area contributed by atoms with Gasteiger partial charge in [0.1, 0.15) is 5.57 Å². The summed E-state index contributed by atoms with van der Waals surface area (Å²) in [4.78, 5) is 15.2. The summed E-state index contributed by atoms with van der Waals surface area (Å²) in [7, 11) is 0. The Kier molecular flexibility index (Phi) is 3.85. The molecule has 0 aliphatic carbocycles. The SMILES string of the molecule is CCOC(O)=C(C(C)=O)c1ccncc1. The molecule has 0 atom stereocenters. The fourth-order valence-electron chi connectivity index (χ4n) is 1.20. The van der Waals surface area contributed by atoms with E-state index in [-0.39, 0.29) is 17.3 Å². The van der Waals surface area contributed by atoms with Crippen LogP contribution in [0.5, 0.6) is 0 Å². The minimum atomic E-state index is -0.337. The van der Waals surface area contributed by atoms with Gasteiger partial charge in [0.2, 0.25) is 0 Å². The number of aliphatic hydroxyl groups excluding tert-OH is 1. The lowest BCUT2D eigenvalue weighted by molar-refractivity contribution is -0.112. The van der Waals surface area contributed by atoms with Crippen LogP contribution in [0.4, 0.5) is 0 Å². The predicted octanol–water partition coefficient (Wildman–Crippen LogP) is 1.93. The molecule has 1 aromatic rings. The van der Waals surface area contributed by atoms with Gasteiger partial charge >= 0.3 is 0 Å². The van der Waals surface area contributed by atoms with E-state index in [1.54, 1.807) is 31.5 Å². The molecule has 1 rings (SSSR count). The summed E-state index contributed by atoms with van der Waals surface area (Å²) in [6.45, 7) is 3.43. The zero-order valence-corrected chi connectivity index (χ0v) is 8.73. The lowest BCUT2D eigenvalue weighted by atomic mass is 10.1. The van der Waals surface area contributed by atoms with Gasteiger partial charge in [-0.05, 0) is 31.5 Å². The number of rotatable bonds is 4. The van der Waals surface area contributed by atoms with Crippen molar-refractivity contribution in [2.24, 2.45) is 0 Å². The molecular formula is C11H13NO3. The van der Waals surface area contributed by atoms with Gasteiger partial charge in [-0.1, -0.05) is 0 Å². The molecule has 4 heteroatoms. The lowest BCUT2D eigenvalue weighted by Gasteiger charge is -2.07. The van der Waals surface area contributed by atoms with Crippen LogP contribution in [0.25, 0.3) is 5.57 Å². The summed E-state index contributed by atoms with van der Waals surface area (Å²) in [5.41, 5.74) is 0.780. The number of aliphatic hydroxyl groups is 1. The van der Waals surface area contributed by atoms with E-state index in [0.29, 0.717) is 12.2 Å². The molecule has 1 aromatic heterocycles. The first-order valence-corrected chi connectivity index (χ1v) is 4.64. The van der Waals surface area contributed by atoms with Crippen molar-refractivity contribution in [2.75, 3.05) is 6.61 Å². The molecule has 0 saturated carbocycles. The molecule has 4 nitrogen and oxygen atoms in total. The van der Waals surface area contributed by atoms with Crippen molar-refractivity contribution in [1.29, 1.82) is 0 Å². The molecule has 80 valence electrons. The number of ketones is 1. The average molecular weight is 207 g/mol. The number of Topliss-reactive ketones (excluding diaryl/α,β-unsaturated/α-hetero) is 1. The molecule has 0 amide bonds. The van der Waals surface area contributed by atoms with E-state index in [1.807, 2.05) is 0 Å². The van der Waals surface area contributed by atoms with Gasteiger partial charge in [-0.15, -0.1) is 0 Å². The number of pyridine rings is 1. The Hall–Kier alpha value is -1.84. The van der Waals surface area contributed by atoms with Gasteiger partial charge in [0.25, 0.3) is 5.95 Å². The van der Waals surface area contributed by atoms with E-state index in [2.05, 4.69) is 4.98 Å². The molecule has 0 spiro atoms. The molecule has 15 heavy (non-hydrogen) atoms. The van der Waals surface area contributed by atoms with E-state index in [0.717, 1.165) is 0 Å². The van der Waals surface area contributed by atoms with Gasteiger partial charge in [-0.25, -0.2) is 0 Å². The van der Waals surface area contributed by atoms with Crippen LogP contribution in [-0.2, 0) is 9.53 Å². The maximum atomic E-state index is 11.3. The quantitative estimate of drug-likeness (QED) is 0.605. The summed E-state index contributed by atoms with van der Waals surface area (Å²) in [6.07, 6.45) is 3.11. The van der Waals surface area contributed by atoms with Gasteiger partial charge < -0.3 is 9.84 Å². The minimum Gasteiger partial charge on any atom is -0.480 e. The molecule has 0 unspecified atom stereocenters. The average Bonchev–Trinajstić information content (AvgIpc) is 2.19. The van der Waals surface area contributed by atoms with Crippen molar-refractivity contribution in [3.05, 3.63) is 36.0 Å². The highest BCUT2D eigenvalue weighted by Crippen LogP contribution is 2.18. The summed E-state index contributed by atoms with van der Waals surface area (Å²) < 4.78 is 4.91. The molecule has 1 heterocycles. The van der Waals surface area contributed by atoms with Gasteiger partial charge in [-0.2, -0.15) is 0 Å². The zero-order chi connectivity index (χ0) is 11.3. The molecule has 0 aliphatic rings. The number of hydrogen-bond donors (Lipinski definition) is 1. The molecule has 1 N–H and O–H groups in total. The van der Waals surface area contributed by atoms with Crippen molar-refractivity contribution in [3.8, 4) is 0 Å². The van der Waals surface area contributed by atoms with E-state index in [9.17, 15) is 9.90 Å². The Morgan fingerprint density at radius 1 is 1.47 bits per heavy atom. The van der Waals surface area contributed by atoms with Gasteiger partial charge in [0.15, 0.2) is 5.78 Å². The monoisotopic (exact) mass is 207 g/mol. The first-order valence-electron chi connectivity index (χ1n) is 4.64. The number of hydrogen-bond acceptors (Lipinski definition) is 4. The molecule has 0 radical (unpaired) electrons. The third-order valence-electron chi connectivity index (χ3n) is 1.82. The maximum Gasteiger partial charge on any atom is 0.288 e. The van der Waals surface area contributed by atoms with Crippen LogP contribution >= 0.6 is 0 Å². The second-order valence-electron chi connectivity index (χ2n) is 2.91. The number of nitrogens with zero attached hydrogens (tertiary/aromatic N) is 1. The van der Waals surface area contributed by atoms with Crippen molar-refractivity contribution >= 4 is 11.4 Å². The molecule has 0 aromatic carbocycles. The van der Waals surface area contributed by atoms with Crippen LogP contribution in [0.3, 0.4) is 0 Å². The van der Waals surface area contributed by atoms with E-state index in [4.69, 9.17) is 4.74 Å². The lowest BCUT2D eigenvalue weighted by Crippen LogP contribution is -2.03. The third kappa shape index (κ3) is 2.80. The van der Waals surface area contributed by atoms with Crippen LogP contribution < -0.4 is 0 Å². The number of ether oxygens (including phenoxy) is 1. The number of carbonyl (C=O) groups excluding carboxylic acids is 1. The third-order valence-corrected chi connectivity index (χ3v) is 1.82. The van der Waals surface area contributed by atoms with Crippen LogP contribution in [0, 0.1) is 0 Å². The normalized spacial score (nSPS) is 11.9. The molecule has 0 bridgehead atoms. The van der Waals surface area contributed by atoms with Crippen LogP contribution in [0.15, 0.2) is 30.5 Å². The van der Waals surface area contributed by atoms with Crippen molar-refractivity contribution < 1.29 is 14.6 Å². The zero-order valence-electron chi connectivity index (χ0n) is 8.73. The molecule has 0 fully saturated rings.